The number of nitrogens with zero attached hydrogens (tertiary/aromatic N) is 4. The molecule has 2 aromatic carbocycles. The average molecular weight is 391 g/mol. The van der Waals surface area contributed by atoms with Crippen molar-refractivity contribution in [1.82, 2.24) is 25.2 Å². The summed E-state index contributed by atoms with van der Waals surface area (Å²) in [5, 5.41) is 5.91. The Labute approximate surface area is 165 Å². The third-order valence-electron chi connectivity index (χ3n) is 3.94. The van der Waals surface area contributed by atoms with E-state index in [1.807, 2.05) is 60.7 Å². The number of hydroxylamine groups is 1. The molecule has 0 aliphatic rings. The summed E-state index contributed by atoms with van der Waals surface area (Å²) < 4.78 is 1.75. The molecule has 140 valence electrons. The second-order valence-corrected chi connectivity index (χ2v) is 6.86. The van der Waals surface area contributed by atoms with Crippen LogP contribution in [0, 0.1) is 0 Å². The van der Waals surface area contributed by atoms with Crippen LogP contribution in [0.5, 0.6) is 0 Å². The molecule has 2 heterocycles. The van der Waals surface area contributed by atoms with Crippen LogP contribution in [0.1, 0.15) is 5.56 Å². The maximum Gasteiger partial charge on any atom is 0.253 e. The minimum absolute atomic E-state index is 0.178. The van der Waals surface area contributed by atoms with Crippen molar-refractivity contribution in [3.8, 4) is 5.69 Å². The lowest BCUT2D eigenvalue weighted by Crippen LogP contribution is -2.25. The Morgan fingerprint density at radius 2 is 1.79 bits per heavy atom. The highest BCUT2D eigenvalue weighted by atomic mass is 32.2. The molecule has 1 amide bonds. The van der Waals surface area contributed by atoms with Gasteiger partial charge in [-0.2, -0.15) is 5.10 Å². The van der Waals surface area contributed by atoms with Crippen LogP contribution in [0.15, 0.2) is 78.2 Å². The van der Waals surface area contributed by atoms with E-state index >= 15 is 0 Å². The fourth-order valence-corrected chi connectivity index (χ4v) is 3.38. The van der Waals surface area contributed by atoms with Gasteiger partial charge in [-0.15, -0.1) is 0 Å². The summed E-state index contributed by atoms with van der Waals surface area (Å²) in [4.78, 5) is 25.9. The zero-order valence-corrected chi connectivity index (χ0v) is 15.7. The van der Waals surface area contributed by atoms with Crippen LogP contribution < -0.4 is 5.48 Å². The van der Waals surface area contributed by atoms with E-state index in [4.69, 9.17) is 4.84 Å². The molecule has 0 bridgehead atoms. The molecule has 0 atom stereocenters. The van der Waals surface area contributed by atoms with Crippen molar-refractivity contribution in [2.45, 2.75) is 11.6 Å². The molecular formula is C20H17N5O2S. The van der Waals surface area contributed by atoms with Gasteiger partial charge in [0.1, 0.15) is 11.4 Å². The summed E-state index contributed by atoms with van der Waals surface area (Å²) in [7, 11) is 0. The van der Waals surface area contributed by atoms with E-state index < -0.39 is 0 Å². The predicted octanol–water partition coefficient (Wildman–Crippen LogP) is 3.16. The van der Waals surface area contributed by atoms with Gasteiger partial charge in [-0.3, -0.25) is 9.63 Å². The number of aromatic nitrogens is 4. The first-order valence-electron chi connectivity index (χ1n) is 8.63. The zero-order chi connectivity index (χ0) is 19.2. The lowest BCUT2D eigenvalue weighted by Gasteiger charge is -2.06. The number of hydrogen-bond acceptors (Lipinski definition) is 6. The van der Waals surface area contributed by atoms with Gasteiger partial charge in [0.15, 0.2) is 5.65 Å². The van der Waals surface area contributed by atoms with E-state index in [1.165, 1.54) is 18.1 Å². The quantitative estimate of drug-likeness (QED) is 0.296. The van der Waals surface area contributed by atoms with Crippen molar-refractivity contribution in [3.05, 3.63) is 78.8 Å². The first kappa shape index (κ1) is 18.1. The Morgan fingerprint density at radius 3 is 2.57 bits per heavy atom. The molecule has 4 rings (SSSR count). The molecule has 0 unspecified atom stereocenters. The summed E-state index contributed by atoms with van der Waals surface area (Å²) >= 11 is 1.32. The fraction of sp³-hybridized carbons (Fsp3) is 0.100. The number of rotatable bonds is 7. The monoisotopic (exact) mass is 391 g/mol. The van der Waals surface area contributed by atoms with Crippen LogP contribution >= 0.6 is 11.8 Å². The summed E-state index contributed by atoms with van der Waals surface area (Å²) in [5.74, 6) is -0.0552. The number of carbonyl (C=O) groups excluding carboxylic acids is 1. The molecule has 0 aliphatic carbocycles. The number of amides is 1. The van der Waals surface area contributed by atoms with Gasteiger partial charge in [0.25, 0.3) is 5.91 Å². The minimum Gasteiger partial charge on any atom is -0.272 e. The smallest absolute Gasteiger partial charge is 0.253 e. The molecule has 8 heteroatoms. The Balaban J connectivity index is 1.38. The van der Waals surface area contributed by atoms with Gasteiger partial charge in [-0.05, 0) is 17.7 Å². The lowest BCUT2D eigenvalue weighted by molar-refractivity contribution is -0.131. The van der Waals surface area contributed by atoms with Crippen LogP contribution in [0.25, 0.3) is 16.7 Å². The molecule has 28 heavy (non-hydrogen) atoms. The van der Waals surface area contributed by atoms with Crippen LogP contribution in [0.3, 0.4) is 0 Å². The van der Waals surface area contributed by atoms with Crippen molar-refractivity contribution in [2.75, 3.05) is 5.75 Å². The van der Waals surface area contributed by atoms with E-state index in [2.05, 4.69) is 20.5 Å². The molecule has 0 fully saturated rings. The Morgan fingerprint density at radius 1 is 1.04 bits per heavy atom. The highest BCUT2D eigenvalue weighted by Crippen LogP contribution is 2.25. The van der Waals surface area contributed by atoms with Crippen LogP contribution in [-0.4, -0.2) is 31.4 Å². The van der Waals surface area contributed by atoms with Gasteiger partial charge in [0.05, 0.1) is 29.6 Å². The van der Waals surface area contributed by atoms with Crippen LogP contribution in [0.4, 0.5) is 0 Å². The van der Waals surface area contributed by atoms with Gasteiger partial charge in [0, 0.05) is 0 Å². The van der Waals surface area contributed by atoms with E-state index in [1.54, 1.807) is 10.9 Å². The summed E-state index contributed by atoms with van der Waals surface area (Å²) in [6.07, 6.45) is 3.20. The zero-order valence-electron chi connectivity index (χ0n) is 14.9. The number of thioether (sulfide) groups is 1. The molecular weight excluding hydrogens is 374 g/mol. The van der Waals surface area contributed by atoms with E-state index in [9.17, 15) is 4.79 Å². The molecule has 0 spiro atoms. The van der Waals surface area contributed by atoms with Gasteiger partial charge in [0.2, 0.25) is 0 Å². The predicted molar refractivity (Wildman–Crippen MR) is 107 cm³/mol. The molecule has 1 N–H and O–H groups in total. The average Bonchev–Trinajstić information content (AvgIpc) is 3.18. The van der Waals surface area contributed by atoms with Gasteiger partial charge in [-0.1, -0.05) is 60.3 Å². The molecule has 4 aromatic rings. The number of para-hydroxylation sites is 1. The lowest BCUT2D eigenvalue weighted by atomic mass is 10.2. The van der Waals surface area contributed by atoms with Crippen molar-refractivity contribution in [2.24, 2.45) is 0 Å². The van der Waals surface area contributed by atoms with Gasteiger partial charge < -0.3 is 0 Å². The Bertz CT molecular complexity index is 1070. The van der Waals surface area contributed by atoms with Gasteiger partial charge in [-0.25, -0.2) is 20.1 Å². The van der Waals surface area contributed by atoms with E-state index in [-0.39, 0.29) is 11.7 Å². The number of fused-ring (bicyclic) bond motifs is 1. The fourth-order valence-electron chi connectivity index (χ4n) is 2.63. The second-order valence-electron chi connectivity index (χ2n) is 5.90. The highest BCUT2D eigenvalue weighted by molar-refractivity contribution is 8.00. The van der Waals surface area contributed by atoms with Crippen molar-refractivity contribution >= 4 is 28.7 Å². The standard InChI is InChI=1S/C20H17N5O2S/c26-18(24-27-12-15-7-3-1-4-8-15)13-28-20-17-11-23-25(19(17)21-14-22-20)16-9-5-2-6-10-16/h1-11,14H,12-13H2,(H,24,26). The normalized spacial score (nSPS) is 10.9. The minimum atomic E-state index is -0.233. The summed E-state index contributed by atoms with van der Waals surface area (Å²) in [6.45, 7) is 0.318. The second kappa shape index (κ2) is 8.64. The summed E-state index contributed by atoms with van der Waals surface area (Å²) in [6, 6.07) is 19.4. The van der Waals surface area contributed by atoms with Crippen LogP contribution in [0.2, 0.25) is 0 Å². The molecule has 0 aliphatic heterocycles. The number of hydrogen-bond donors (Lipinski definition) is 1. The van der Waals surface area contributed by atoms with Crippen molar-refractivity contribution in [1.29, 1.82) is 0 Å². The maximum atomic E-state index is 12.0. The molecule has 2 aromatic heterocycles. The molecule has 0 radical (unpaired) electrons. The molecule has 0 saturated heterocycles. The van der Waals surface area contributed by atoms with Crippen molar-refractivity contribution < 1.29 is 9.63 Å². The third-order valence-corrected chi connectivity index (χ3v) is 4.94. The highest BCUT2D eigenvalue weighted by Gasteiger charge is 2.13. The Kier molecular flexibility index (Phi) is 5.60. The first-order chi connectivity index (χ1) is 13.8. The molecule has 7 nitrogen and oxygen atoms in total. The number of benzene rings is 2. The van der Waals surface area contributed by atoms with Crippen molar-refractivity contribution in [3.63, 3.8) is 0 Å². The number of nitrogens with one attached hydrogen (secondary N) is 1. The molecule has 0 saturated carbocycles. The maximum absolute atomic E-state index is 12.0. The first-order valence-corrected chi connectivity index (χ1v) is 9.61. The third kappa shape index (κ3) is 4.19. The topological polar surface area (TPSA) is 81.9 Å². The van der Waals surface area contributed by atoms with Gasteiger partial charge >= 0.3 is 0 Å². The van der Waals surface area contributed by atoms with E-state index in [0.29, 0.717) is 17.3 Å². The SMILES string of the molecule is O=C(CSc1ncnc2c1cnn2-c1ccccc1)NOCc1ccccc1. The van der Waals surface area contributed by atoms with E-state index in [0.717, 1.165) is 16.6 Å². The summed E-state index contributed by atoms with van der Waals surface area (Å²) in [5.41, 5.74) is 5.06. The van der Waals surface area contributed by atoms with Crippen LogP contribution in [-0.2, 0) is 16.2 Å². The largest absolute Gasteiger partial charge is 0.272 e. The number of carbonyl (C=O) groups is 1. The Hall–Kier alpha value is -3.23.